The van der Waals surface area contributed by atoms with Gasteiger partial charge < -0.3 is 25.2 Å². The number of phenols is 1. The highest BCUT2D eigenvalue weighted by Gasteiger charge is 2.06. The smallest absolute Gasteiger partial charge is 0.191 e. The quantitative estimate of drug-likeness (QED) is 0.244. The van der Waals surface area contributed by atoms with E-state index in [1.54, 1.807) is 20.3 Å². The third-order valence-corrected chi connectivity index (χ3v) is 4.81. The Bertz CT molecular complexity index is 782. The van der Waals surface area contributed by atoms with Gasteiger partial charge in [0.1, 0.15) is 5.75 Å². The topological polar surface area (TPSA) is 75.1 Å². The standard InChI is InChI=1S/C23H33N3O3.HI/c1-5-24-23(26-15-13-18-6-11-21(27)22(16-18)29-4)25-14-12-17(2)19-7-9-20(28-3)10-8-19;/h6-11,16-17,27H,5,12-15H2,1-4H3,(H2,24,25,26);1H. The molecule has 0 bridgehead atoms. The fourth-order valence-corrected chi connectivity index (χ4v) is 3.01. The average molecular weight is 527 g/mol. The second-order valence-corrected chi connectivity index (χ2v) is 6.91. The molecule has 0 fully saturated rings. The molecule has 6 nitrogen and oxygen atoms in total. The zero-order chi connectivity index (χ0) is 21.1. The molecule has 0 aliphatic heterocycles. The van der Waals surface area contributed by atoms with Gasteiger partial charge >= 0.3 is 0 Å². The number of phenolic OH excluding ortho intramolecular Hbond substituents is 1. The average Bonchev–Trinajstić information content (AvgIpc) is 2.74. The lowest BCUT2D eigenvalue weighted by Gasteiger charge is -2.14. The highest BCUT2D eigenvalue weighted by molar-refractivity contribution is 14.0. The van der Waals surface area contributed by atoms with Gasteiger partial charge in [0.15, 0.2) is 17.5 Å². The van der Waals surface area contributed by atoms with Crippen LogP contribution in [-0.4, -0.2) is 44.9 Å². The summed E-state index contributed by atoms with van der Waals surface area (Å²) in [6, 6.07) is 13.6. The van der Waals surface area contributed by atoms with Crippen LogP contribution in [0, 0.1) is 0 Å². The van der Waals surface area contributed by atoms with Crippen molar-refractivity contribution in [1.82, 2.24) is 10.6 Å². The van der Waals surface area contributed by atoms with E-state index in [1.807, 2.05) is 24.3 Å². The molecule has 0 saturated carbocycles. The van der Waals surface area contributed by atoms with Crippen molar-refractivity contribution in [3.63, 3.8) is 0 Å². The summed E-state index contributed by atoms with van der Waals surface area (Å²) in [5, 5.41) is 16.3. The number of aliphatic imine (C=N–C) groups is 1. The second-order valence-electron chi connectivity index (χ2n) is 6.91. The first kappa shape index (κ1) is 25.9. The number of hydrogen-bond acceptors (Lipinski definition) is 4. The van der Waals surface area contributed by atoms with Crippen molar-refractivity contribution < 1.29 is 14.6 Å². The maximum absolute atomic E-state index is 9.69. The van der Waals surface area contributed by atoms with Crippen LogP contribution in [-0.2, 0) is 6.42 Å². The Kier molecular flexibility index (Phi) is 12.0. The Morgan fingerprint density at radius 3 is 2.43 bits per heavy atom. The fraction of sp³-hybridized carbons (Fsp3) is 0.435. The molecule has 0 radical (unpaired) electrons. The Hall–Kier alpha value is -2.16. The summed E-state index contributed by atoms with van der Waals surface area (Å²) in [5.74, 6) is 2.78. The van der Waals surface area contributed by atoms with Crippen molar-refractivity contribution in [2.75, 3.05) is 33.9 Å². The number of nitrogens with one attached hydrogen (secondary N) is 2. The molecule has 0 aliphatic carbocycles. The molecule has 2 rings (SSSR count). The fourth-order valence-electron chi connectivity index (χ4n) is 3.01. The lowest BCUT2D eigenvalue weighted by atomic mass is 9.98. The monoisotopic (exact) mass is 527 g/mol. The van der Waals surface area contributed by atoms with E-state index in [0.29, 0.717) is 11.7 Å². The number of rotatable bonds is 10. The molecule has 7 heteroatoms. The van der Waals surface area contributed by atoms with Crippen LogP contribution >= 0.6 is 24.0 Å². The third kappa shape index (κ3) is 8.30. The van der Waals surface area contributed by atoms with Crippen LogP contribution in [0.1, 0.15) is 37.3 Å². The first-order chi connectivity index (χ1) is 14.1. The molecule has 30 heavy (non-hydrogen) atoms. The van der Waals surface area contributed by atoms with Crippen molar-refractivity contribution in [2.24, 2.45) is 4.99 Å². The first-order valence-electron chi connectivity index (χ1n) is 10.1. The zero-order valence-electron chi connectivity index (χ0n) is 18.3. The SMILES string of the molecule is CCNC(=NCCC(C)c1ccc(OC)cc1)NCCc1ccc(O)c(OC)c1.I. The van der Waals surface area contributed by atoms with Gasteiger partial charge in [-0.05, 0) is 61.1 Å². The van der Waals surface area contributed by atoms with Crippen LogP contribution in [0.4, 0.5) is 0 Å². The molecule has 0 saturated heterocycles. The van der Waals surface area contributed by atoms with Crippen LogP contribution in [0.3, 0.4) is 0 Å². The van der Waals surface area contributed by atoms with E-state index in [1.165, 1.54) is 5.56 Å². The molecule has 0 amide bonds. The summed E-state index contributed by atoms with van der Waals surface area (Å²) in [6.45, 7) is 6.58. The lowest BCUT2D eigenvalue weighted by Crippen LogP contribution is -2.38. The molecule has 0 aromatic heterocycles. The Morgan fingerprint density at radius 1 is 1.07 bits per heavy atom. The van der Waals surface area contributed by atoms with Gasteiger partial charge in [-0.15, -0.1) is 24.0 Å². The van der Waals surface area contributed by atoms with Crippen LogP contribution in [0.2, 0.25) is 0 Å². The molecular formula is C23H34IN3O3. The molecule has 166 valence electrons. The van der Waals surface area contributed by atoms with Gasteiger partial charge in [0.25, 0.3) is 0 Å². The van der Waals surface area contributed by atoms with Crippen LogP contribution < -0.4 is 20.1 Å². The predicted octanol–water partition coefficient (Wildman–Crippen LogP) is 4.32. The summed E-state index contributed by atoms with van der Waals surface area (Å²) in [5.41, 5.74) is 2.39. The van der Waals surface area contributed by atoms with Gasteiger partial charge in [0.2, 0.25) is 0 Å². The van der Waals surface area contributed by atoms with E-state index < -0.39 is 0 Å². The molecular weight excluding hydrogens is 493 g/mol. The maximum atomic E-state index is 9.69. The largest absolute Gasteiger partial charge is 0.504 e. The number of guanidine groups is 1. The minimum absolute atomic E-state index is 0. The summed E-state index contributed by atoms with van der Waals surface area (Å²) < 4.78 is 10.4. The highest BCUT2D eigenvalue weighted by atomic mass is 127. The number of methoxy groups -OCH3 is 2. The lowest BCUT2D eigenvalue weighted by molar-refractivity contribution is 0.373. The molecule has 2 aromatic carbocycles. The predicted molar refractivity (Wildman–Crippen MR) is 134 cm³/mol. The molecule has 2 aromatic rings. The zero-order valence-corrected chi connectivity index (χ0v) is 20.6. The van der Waals surface area contributed by atoms with E-state index in [9.17, 15) is 5.11 Å². The summed E-state index contributed by atoms with van der Waals surface area (Å²) in [4.78, 5) is 4.70. The van der Waals surface area contributed by atoms with E-state index >= 15 is 0 Å². The Labute approximate surface area is 197 Å². The van der Waals surface area contributed by atoms with Crippen molar-refractivity contribution >= 4 is 29.9 Å². The number of aromatic hydroxyl groups is 1. The van der Waals surface area contributed by atoms with Crippen molar-refractivity contribution in [3.05, 3.63) is 53.6 Å². The third-order valence-electron chi connectivity index (χ3n) is 4.81. The minimum Gasteiger partial charge on any atom is -0.504 e. The molecule has 1 unspecified atom stereocenters. The molecule has 3 N–H and O–H groups in total. The summed E-state index contributed by atoms with van der Waals surface area (Å²) >= 11 is 0. The van der Waals surface area contributed by atoms with Gasteiger partial charge in [-0.25, -0.2) is 0 Å². The van der Waals surface area contributed by atoms with Gasteiger partial charge in [0, 0.05) is 19.6 Å². The van der Waals surface area contributed by atoms with E-state index in [-0.39, 0.29) is 29.7 Å². The number of halogens is 1. The molecule has 0 spiro atoms. The van der Waals surface area contributed by atoms with Crippen molar-refractivity contribution in [2.45, 2.75) is 32.6 Å². The number of hydrogen-bond donors (Lipinski definition) is 3. The molecule has 1 atom stereocenters. The number of nitrogens with zero attached hydrogens (tertiary/aromatic N) is 1. The van der Waals surface area contributed by atoms with Crippen molar-refractivity contribution in [1.29, 1.82) is 0 Å². The van der Waals surface area contributed by atoms with Gasteiger partial charge in [-0.3, -0.25) is 4.99 Å². The summed E-state index contributed by atoms with van der Waals surface area (Å²) in [6.07, 6.45) is 1.78. The van der Waals surface area contributed by atoms with E-state index in [0.717, 1.165) is 49.7 Å². The van der Waals surface area contributed by atoms with Crippen LogP contribution in [0.15, 0.2) is 47.5 Å². The van der Waals surface area contributed by atoms with E-state index in [2.05, 4.69) is 36.6 Å². The molecule has 0 aliphatic rings. The normalized spacial score (nSPS) is 11.9. The summed E-state index contributed by atoms with van der Waals surface area (Å²) in [7, 11) is 3.24. The van der Waals surface area contributed by atoms with Crippen LogP contribution in [0.5, 0.6) is 17.2 Å². The van der Waals surface area contributed by atoms with Crippen LogP contribution in [0.25, 0.3) is 0 Å². The molecule has 0 heterocycles. The second kappa shape index (κ2) is 14.0. The maximum Gasteiger partial charge on any atom is 0.191 e. The first-order valence-corrected chi connectivity index (χ1v) is 10.1. The van der Waals surface area contributed by atoms with Crippen molar-refractivity contribution in [3.8, 4) is 17.2 Å². The number of ether oxygens (including phenoxy) is 2. The van der Waals surface area contributed by atoms with E-state index in [4.69, 9.17) is 14.5 Å². The van der Waals surface area contributed by atoms with Gasteiger partial charge in [0.05, 0.1) is 14.2 Å². The highest BCUT2D eigenvalue weighted by Crippen LogP contribution is 2.26. The minimum atomic E-state index is 0. The van der Waals surface area contributed by atoms with Gasteiger partial charge in [-0.1, -0.05) is 25.1 Å². The van der Waals surface area contributed by atoms with Gasteiger partial charge in [-0.2, -0.15) is 0 Å². The Balaban J connectivity index is 0.00000450. The number of benzene rings is 2. The Morgan fingerprint density at radius 2 is 1.80 bits per heavy atom.